The summed E-state index contributed by atoms with van der Waals surface area (Å²) >= 11 is 0. The van der Waals surface area contributed by atoms with Crippen molar-refractivity contribution in [3.05, 3.63) is 47.5 Å². The van der Waals surface area contributed by atoms with Crippen molar-refractivity contribution in [2.24, 2.45) is 0 Å². The molecule has 1 amide bonds. The third kappa shape index (κ3) is 8.35. The van der Waals surface area contributed by atoms with E-state index in [4.69, 9.17) is 18.9 Å². The lowest BCUT2D eigenvalue weighted by atomic mass is 9.99. The van der Waals surface area contributed by atoms with Crippen LogP contribution in [-0.4, -0.2) is 137 Å². The molecule has 2 heterocycles. The number of β-amino-alcohol motifs (C(OH)–C–C–N with tert-alkyl or cyclic N) is 1. The van der Waals surface area contributed by atoms with Gasteiger partial charge in [-0.1, -0.05) is 18.2 Å². The molecule has 0 radical (unpaired) electrons. The first-order valence-electron chi connectivity index (χ1n) is 14.4. The van der Waals surface area contributed by atoms with Crippen molar-refractivity contribution in [2.75, 3.05) is 58.3 Å². The van der Waals surface area contributed by atoms with Crippen LogP contribution in [-0.2, 0) is 14.3 Å². The number of piperazine rings is 1. The number of anilines is 1. The number of carboxylic acid groups (broad SMARTS) is 1. The monoisotopic (exact) mass is 619 g/mol. The zero-order valence-corrected chi connectivity index (χ0v) is 25.0. The van der Waals surface area contributed by atoms with Crippen LogP contribution in [0.25, 0.3) is 0 Å². The lowest BCUT2D eigenvalue weighted by Gasteiger charge is -2.38. The van der Waals surface area contributed by atoms with Crippen LogP contribution in [0.15, 0.2) is 36.4 Å². The molecule has 4 rings (SSSR count). The van der Waals surface area contributed by atoms with Gasteiger partial charge in [0, 0.05) is 44.5 Å². The summed E-state index contributed by atoms with van der Waals surface area (Å²) in [6.45, 7) is 7.16. The Balaban J connectivity index is 1.25. The number of amides is 1. The van der Waals surface area contributed by atoms with Gasteiger partial charge in [-0.05, 0) is 37.1 Å². The third-order valence-corrected chi connectivity index (χ3v) is 7.68. The Morgan fingerprint density at radius 1 is 0.977 bits per heavy atom. The predicted molar refractivity (Wildman–Crippen MR) is 157 cm³/mol. The highest BCUT2D eigenvalue weighted by molar-refractivity contribution is 5.93. The maximum absolute atomic E-state index is 12.6. The van der Waals surface area contributed by atoms with Gasteiger partial charge in [-0.2, -0.15) is 0 Å². The van der Waals surface area contributed by atoms with Gasteiger partial charge in [0.2, 0.25) is 12.2 Å². The fraction of sp³-hybridized carbons (Fsp3) is 0.533. The predicted octanol–water partition coefficient (Wildman–Crippen LogP) is -0.421. The van der Waals surface area contributed by atoms with Crippen molar-refractivity contribution in [3.8, 4) is 17.2 Å². The van der Waals surface area contributed by atoms with E-state index in [1.54, 1.807) is 0 Å². The number of aryl methyl sites for hydroxylation is 2. The van der Waals surface area contributed by atoms with Gasteiger partial charge in [-0.3, -0.25) is 14.6 Å². The fourth-order valence-corrected chi connectivity index (χ4v) is 5.19. The SMILES string of the molecule is COc1ccc(OC2O[C@H](C(=O)O)[C@@H](O)[C@H](O)[C@H]2O)cc1OCC(O)CN1CCN(CC(=O)Nc2c(C)cccc2C)CC1. The first-order chi connectivity index (χ1) is 21.0. The number of hydrogen-bond acceptors (Lipinski definition) is 12. The summed E-state index contributed by atoms with van der Waals surface area (Å²) in [6, 6.07) is 10.3. The Morgan fingerprint density at radius 3 is 2.27 bits per heavy atom. The third-order valence-electron chi connectivity index (χ3n) is 7.68. The summed E-state index contributed by atoms with van der Waals surface area (Å²) < 4.78 is 21.9. The van der Waals surface area contributed by atoms with Crippen LogP contribution in [0.1, 0.15) is 11.1 Å². The number of carbonyl (C=O) groups excluding carboxylic acids is 1. The van der Waals surface area contributed by atoms with Crippen LogP contribution < -0.4 is 19.5 Å². The first-order valence-corrected chi connectivity index (χ1v) is 14.4. The number of hydrogen-bond donors (Lipinski definition) is 6. The molecule has 14 heteroatoms. The zero-order valence-electron chi connectivity index (χ0n) is 25.0. The Labute approximate surface area is 255 Å². The van der Waals surface area contributed by atoms with E-state index in [0.29, 0.717) is 38.5 Å². The number of rotatable bonds is 12. The van der Waals surface area contributed by atoms with Gasteiger partial charge in [-0.15, -0.1) is 0 Å². The quantitative estimate of drug-likeness (QED) is 0.180. The number of carbonyl (C=O) groups is 2. The summed E-state index contributed by atoms with van der Waals surface area (Å²) in [4.78, 5) is 28.2. The molecule has 2 aromatic carbocycles. The fourth-order valence-electron chi connectivity index (χ4n) is 5.19. The molecular weight excluding hydrogens is 578 g/mol. The highest BCUT2D eigenvalue weighted by atomic mass is 16.7. The number of nitrogens with one attached hydrogen (secondary N) is 1. The molecule has 0 spiro atoms. The molecule has 2 aliphatic rings. The minimum absolute atomic E-state index is 0.0653. The van der Waals surface area contributed by atoms with Crippen LogP contribution >= 0.6 is 0 Å². The number of aliphatic hydroxyl groups is 4. The van der Waals surface area contributed by atoms with E-state index in [1.165, 1.54) is 25.3 Å². The standard InChI is InChI=1S/C30H41N3O11/c1-17-5-4-6-18(2)24(17)31-23(35)15-33-11-9-32(10-12-33)14-19(34)16-42-22-13-20(7-8-21(22)41-3)43-30-27(38)25(36)26(37)28(44-30)29(39)40/h4-8,13,19,25-28,30,34,36-38H,9-12,14-16H2,1-3H3,(H,31,35)(H,39,40)/t19?,25-,26-,27+,28-,30?/m0/s1. The van der Waals surface area contributed by atoms with Crippen molar-refractivity contribution in [3.63, 3.8) is 0 Å². The molecule has 2 aliphatic heterocycles. The minimum atomic E-state index is -1.84. The van der Waals surface area contributed by atoms with E-state index in [-0.39, 0.29) is 30.6 Å². The highest BCUT2D eigenvalue weighted by Gasteiger charge is 2.48. The molecular formula is C30H41N3O11. The van der Waals surface area contributed by atoms with Crippen molar-refractivity contribution in [1.29, 1.82) is 0 Å². The van der Waals surface area contributed by atoms with E-state index in [9.17, 15) is 35.1 Å². The number of benzene rings is 2. The number of aliphatic carboxylic acids is 1. The average Bonchev–Trinajstić information content (AvgIpc) is 2.99. The molecule has 242 valence electrons. The van der Waals surface area contributed by atoms with E-state index < -0.39 is 42.8 Å². The van der Waals surface area contributed by atoms with Crippen LogP contribution in [0.3, 0.4) is 0 Å². The molecule has 0 aliphatic carbocycles. The number of para-hydroxylation sites is 1. The molecule has 0 bridgehead atoms. The van der Waals surface area contributed by atoms with Gasteiger partial charge in [0.1, 0.15) is 36.8 Å². The minimum Gasteiger partial charge on any atom is -0.493 e. The zero-order chi connectivity index (χ0) is 32.0. The van der Waals surface area contributed by atoms with Crippen molar-refractivity contribution >= 4 is 17.6 Å². The lowest BCUT2D eigenvalue weighted by Crippen LogP contribution is -2.61. The molecule has 14 nitrogen and oxygen atoms in total. The van der Waals surface area contributed by atoms with Crippen LogP contribution in [0, 0.1) is 13.8 Å². The maximum atomic E-state index is 12.6. The molecule has 2 saturated heterocycles. The molecule has 2 aromatic rings. The molecule has 6 atom stereocenters. The lowest BCUT2D eigenvalue weighted by molar-refractivity contribution is -0.271. The number of methoxy groups -OCH3 is 1. The summed E-state index contributed by atoms with van der Waals surface area (Å²) in [5.41, 5.74) is 2.88. The van der Waals surface area contributed by atoms with Gasteiger partial charge < -0.3 is 49.8 Å². The second kappa shape index (κ2) is 15.0. The molecule has 44 heavy (non-hydrogen) atoms. The van der Waals surface area contributed by atoms with E-state index in [1.807, 2.05) is 32.0 Å². The summed E-state index contributed by atoms with van der Waals surface area (Å²) in [5, 5.41) is 53.1. The second-order valence-corrected chi connectivity index (χ2v) is 11.0. The van der Waals surface area contributed by atoms with E-state index in [0.717, 1.165) is 16.8 Å². The van der Waals surface area contributed by atoms with Crippen molar-refractivity contribution in [1.82, 2.24) is 9.80 Å². The molecule has 0 aromatic heterocycles. The number of aliphatic hydroxyl groups excluding tert-OH is 4. The topological polar surface area (TPSA) is 191 Å². The molecule has 2 unspecified atom stereocenters. The molecule has 2 fully saturated rings. The maximum Gasteiger partial charge on any atom is 0.335 e. The smallest absolute Gasteiger partial charge is 0.335 e. The van der Waals surface area contributed by atoms with Gasteiger partial charge in [0.05, 0.1) is 13.7 Å². The Kier molecular flexibility index (Phi) is 11.4. The van der Waals surface area contributed by atoms with Crippen LogP contribution in [0.2, 0.25) is 0 Å². The molecule has 6 N–H and O–H groups in total. The Hall–Kier alpha value is -3.50. The summed E-state index contributed by atoms with van der Waals surface area (Å²) in [5.74, 6) is -0.940. The van der Waals surface area contributed by atoms with Crippen LogP contribution in [0.5, 0.6) is 17.2 Å². The van der Waals surface area contributed by atoms with Crippen molar-refractivity contribution in [2.45, 2.75) is 50.7 Å². The van der Waals surface area contributed by atoms with Crippen molar-refractivity contribution < 1.29 is 54.1 Å². The van der Waals surface area contributed by atoms with E-state index in [2.05, 4.69) is 15.1 Å². The van der Waals surface area contributed by atoms with Gasteiger partial charge in [0.15, 0.2) is 17.6 Å². The Bertz CT molecular complexity index is 1270. The number of carboxylic acids is 1. The highest BCUT2D eigenvalue weighted by Crippen LogP contribution is 2.33. The van der Waals surface area contributed by atoms with Gasteiger partial charge >= 0.3 is 5.97 Å². The number of nitrogens with zero attached hydrogens (tertiary/aromatic N) is 2. The Morgan fingerprint density at radius 2 is 1.64 bits per heavy atom. The van der Waals surface area contributed by atoms with Crippen LogP contribution in [0.4, 0.5) is 5.69 Å². The largest absolute Gasteiger partial charge is 0.493 e. The normalized spacial score (nSPS) is 25.2. The van der Waals surface area contributed by atoms with Gasteiger partial charge in [-0.25, -0.2) is 4.79 Å². The molecule has 0 saturated carbocycles. The van der Waals surface area contributed by atoms with Gasteiger partial charge in [0.25, 0.3) is 0 Å². The second-order valence-electron chi connectivity index (χ2n) is 11.0. The summed E-state index contributed by atoms with van der Waals surface area (Å²) in [6.07, 6.45) is -9.60. The number of ether oxygens (including phenoxy) is 4. The average molecular weight is 620 g/mol. The van der Waals surface area contributed by atoms with E-state index >= 15 is 0 Å². The first kappa shape index (κ1) is 33.4. The summed E-state index contributed by atoms with van der Waals surface area (Å²) in [7, 11) is 1.43.